The Labute approximate surface area is 175 Å². The molecule has 0 saturated heterocycles. The molecule has 0 aromatic heterocycles. The Hall–Kier alpha value is -3.65. The van der Waals surface area contributed by atoms with Gasteiger partial charge in [-0.2, -0.15) is 0 Å². The number of carbonyl (C=O) groups is 2. The van der Waals surface area contributed by atoms with Crippen LogP contribution in [0.25, 0.3) is 0 Å². The minimum atomic E-state index is -3.68. The molecule has 0 saturated carbocycles. The van der Waals surface area contributed by atoms with Crippen LogP contribution >= 0.6 is 0 Å². The normalized spacial score (nSPS) is 10.9. The summed E-state index contributed by atoms with van der Waals surface area (Å²) in [5.41, 5.74) is 7.34. The summed E-state index contributed by atoms with van der Waals surface area (Å²) in [6.07, 6.45) is 0.543. The molecule has 0 heterocycles. The zero-order valence-electron chi connectivity index (χ0n) is 16.0. The number of nitrogens with one attached hydrogen (secondary N) is 2. The van der Waals surface area contributed by atoms with Gasteiger partial charge in [0, 0.05) is 23.4 Å². The summed E-state index contributed by atoms with van der Waals surface area (Å²) in [5.74, 6) is -0.776. The molecule has 3 aromatic carbocycles. The zero-order chi connectivity index (χ0) is 21.6. The van der Waals surface area contributed by atoms with Crippen LogP contribution in [0.1, 0.15) is 26.3 Å². The van der Waals surface area contributed by atoms with Crippen LogP contribution in [-0.2, 0) is 16.4 Å². The SMILES string of the molecule is NC(=O)c1cccc(CCNC(=O)c2ccc(NS(=O)(=O)c3ccccc3)cc2)c1. The van der Waals surface area contributed by atoms with Crippen LogP contribution in [0.5, 0.6) is 0 Å². The van der Waals surface area contributed by atoms with Gasteiger partial charge in [-0.1, -0.05) is 30.3 Å². The zero-order valence-corrected chi connectivity index (χ0v) is 16.9. The van der Waals surface area contributed by atoms with Gasteiger partial charge >= 0.3 is 0 Å². The summed E-state index contributed by atoms with van der Waals surface area (Å²) in [6.45, 7) is 0.378. The van der Waals surface area contributed by atoms with Gasteiger partial charge in [0.1, 0.15) is 0 Å². The molecule has 0 aliphatic rings. The number of benzene rings is 3. The Morgan fingerprint density at radius 1 is 0.833 bits per heavy atom. The summed E-state index contributed by atoms with van der Waals surface area (Å²) in [7, 11) is -3.68. The molecule has 0 aliphatic heterocycles. The third-order valence-corrected chi connectivity index (χ3v) is 5.76. The minimum absolute atomic E-state index is 0.159. The largest absolute Gasteiger partial charge is 0.366 e. The van der Waals surface area contributed by atoms with Crippen molar-refractivity contribution >= 4 is 27.5 Å². The van der Waals surface area contributed by atoms with Crippen LogP contribution in [-0.4, -0.2) is 26.8 Å². The highest BCUT2D eigenvalue weighted by molar-refractivity contribution is 7.92. The molecule has 0 bridgehead atoms. The second-order valence-corrected chi connectivity index (χ2v) is 8.25. The molecule has 7 nitrogen and oxygen atoms in total. The smallest absolute Gasteiger partial charge is 0.261 e. The van der Waals surface area contributed by atoms with Gasteiger partial charge in [-0.3, -0.25) is 14.3 Å². The maximum atomic E-state index is 12.3. The number of nitrogens with two attached hydrogens (primary N) is 1. The first-order valence-corrected chi connectivity index (χ1v) is 10.7. The fourth-order valence-corrected chi connectivity index (χ4v) is 3.89. The summed E-state index contributed by atoms with van der Waals surface area (Å²) < 4.78 is 27.2. The number of primary amides is 1. The van der Waals surface area contributed by atoms with Gasteiger partial charge in [-0.05, 0) is 60.5 Å². The molecular formula is C22H21N3O4S. The highest BCUT2D eigenvalue weighted by atomic mass is 32.2. The van der Waals surface area contributed by atoms with Gasteiger partial charge in [0.2, 0.25) is 5.91 Å². The first kappa shape index (κ1) is 21.1. The standard InChI is InChI=1S/C22H21N3O4S/c23-21(26)18-6-4-5-16(15-18)13-14-24-22(27)17-9-11-19(12-10-17)25-30(28,29)20-7-2-1-3-8-20/h1-12,15,25H,13-14H2,(H2,23,26)(H,24,27). The Morgan fingerprint density at radius 3 is 2.20 bits per heavy atom. The topological polar surface area (TPSA) is 118 Å². The van der Waals surface area contributed by atoms with Gasteiger partial charge in [0.25, 0.3) is 15.9 Å². The lowest BCUT2D eigenvalue weighted by molar-refractivity contribution is 0.0952. The number of hydrogen-bond donors (Lipinski definition) is 3. The highest BCUT2D eigenvalue weighted by Gasteiger charge is 2.14. The molecule has 30 heavy (non-hydrogen) atoms. The second-order valence-electron chi connectivity index (χ2n) is 6.57. The maximum Gasteiger partial charge on any atom is 0.261 e. The predicted molar refractivity (Wildman–Crippen MR) is 115 cm³/mol. The summed E-state index contributed by atoms with van der Waals surface area (Å²) in [4.78, 5) is 23.7. The fourth-order valence-electron chi connectivity index (χ4n) is 2.81. The molecule has 3 rings (SSSR count). The first-order valence-electron chi connectivity index (χ1n) is 9.20. The van der Waals surface area contributed by atoms with E-state index < -0.39 is 15.9 Å². The lowest BCUT2D eigenvalue weighted by Crippen LogP contribution is -2.25. The molecule has 3 aromatic rings. The number of anilines is 1. The van der Waals surface area contributed by atoms with Crippen LogP contribution in [0.3, 0.4) is 0 Å². The van der Waals surface area contributed by atoms with Gasteiger partial charge in [0.05, 0.1) is 4.90 Å². The summed E-state index contributed by atoms with van der Waals surface area (Å²) >= 11 is 0. The van der Waals surface area contributed by atoms with E-state index in [9.17, 15) is 18.0 Å². The Balaban J connectivity index is 1.56. The van der Waals surface area contributed by atoms with Crippen LogP contribution in [0.4, 0.5) is 5.69 Å². The summed E-state index contributed by atoms with van der Waals surface area (Å²) in [5, 5.41) is 2.80. The van der Waals surface area contributed by atoms with E-state index >= 15 is 0 Å². The van der Waals surface area contributed by atoms with E-state index in [1.54, 1.807) is 48.5 Å². The van der Waals surface area contributed by atoms with Crippen LogP contribution in [0, 0.1) is 0 Å². The van der Waals surface area contributed by atoms with Gasteiger partial charge in [-0.15, -0.1) is 0 Å². The number of rotatable bonds is 8. The molecule has 8 heteroatoms. The molecule has 0 aliphatic carbocycles. The van der Waals surface area contributed by atoms with Crippen LogP contribution < -0.4 is 15.8 Å². The van der Waals surface area contributed by atoms with E-state index in [2.05, 4.69) is 10.0 Å². The van der Waals surface area contributed by atoms with Crippen molar-refractivity contribution in [2.75, 3.05) is 11.3 Å². The van der Waals surface area contributed by atoms with Gasteiger partial charge in [0.15, 0.2) is 0 Å². The highest BCUT2D eigenvalue weighted by Crippen LogP contribution is 2.16. The number of sulfonamides is 1. The van der Waals surface area contributed by atoms with Crippen molar-refractivity contribution in [2.24, 2.45) is 5.73 Å². The van der Waals surface area contributed by atoms with E-state index in [4.69, 9.17) is 5.73 Å². The van der Waals surface area contributed by atoms with Crippen molar-refractivity contribution in [1.82, 2.24) is 5.32 Å². The average Bonchev–Trinajstić information content (AvgIpc) is 2.75. The van der Waals surface area contributed by atoms with E-state index in [0.29, 0.717) is 29.8 Å². The molecule has 0 radical (unpaired) electrons. The minimum Gasteiger partial charge on any atom is -0.366 e. The fraction of sp³-hybridized carbons (Fsp3) is 0.0909. The molecular weight excluding hydrogens is 402 g/mol. The first-order chi connectivity index (χ1) is 14.3. The molecule has 0 atom stereocenters. The van der Waals surface area contributed by atoms with Gasteiger partial charge in [-0.25, -0.2) is 8.42 Å². The third-order valence-electron chi connectivity index (χ3n) is 4.36. The molecule has 0 fully saturated rings. The van der Waals surface area contributed by atoms with Crippen LogP contribution in [0.2, 0.25) is 0 Å². The third kappa shape index (κ3) is 5.45. The van der Waals surface area contributed by atoms with Crippen molar-refractivity contribution in [3.8, 4) is 0 Å². The second kappa shape index (κ2) is 9.23. The van der Waals surface area contributed by atoms with E-state index in [-0.39, 0.29) is 10.8 Å². The van der Waals surface area contributed by atoms with E-state index in [1.165, 1.54) is 24.3 Å². The van der Waals surface area contributed by atoms with Crippen molar-refractivity contribution in [3.05, 3.63) is 95.6 Å². The summed E-state index contributed by atoms with van der Waals surface area (Å²) in [6, 6.07) is 21.1. The number of amides is 2. The Morgan fingerprint density at radius 2 is 1.53 bits per heavy atom. The quantitative estimate of drug-likeness (QED) is 0.516. The lowest BCUT2D eigenvalue weighted by Gasteiger charge is -2.09. The predicted octanol–water partition coefficient (Wildman–Crippen LogP) is 2.56. The lowest BCUT2D eigenvalue weighted by atomic mass is 10.1. The number of hydrogen-bond acceptors (Lipinski definition) is 4. The molecule has 4 N–H and O–H groups in total. The van der Waals surface area contributed by atoms with Crippen molar-refractivity contribution < 1.29 is 18.0 Å². The van der Waals surface area contributed by atoms with Crippen molar-refractivity contribution in [2.45, 2.75) is 11.3 Å². The van der Waals surface area contributed by atoms with Crippen LogP contribution in [0.15, 0.2) is 83.8 Å². The average molecular weight is 423 g/mol. The Kier molecular flexibility index (Phi) is 6.48. The van der Waals surface area contributed by atoms with Crippen molar-refractivity contribution in [1.29, 1.82) is 0 Å². The molecule has 0 spiro atoms. The maximum absolute atomic E-state index is 12.3. The van der Waals surface area contributed by atoms with Gasteiger partial charge < -0.3 is 11.1 Å². The molecule has 0 unspecified atom stereocenters. The van der Waals surface area contributed by atoms with E-state index in [0.717, 1.165) is 5.56 Å². The number of carbonyl (C=O) groups excluding carboxylic acids is 2. The molecule has 2 amide bonds. The Bertz CT molecular complexity index is 1140. The monoisotopic (exact) mass is 423 g/mol. The van der Waals surface area contributed by atoms with Crippen molar-refractivity contribution in [3.63, 3.8) is 0 Å². The molecule has 154 valence electrons. The van der Waals surface area contributed by atoms with E-state index in [1.807, 2.05) is 6.07 Å².